The monoisotopic (exact) mass is 778 g/mol. The molecule has 2 N–H and O–H groups in total. The van der Waals surface area contributed by atoms with E-state index in [2.05, 4.69) is 9.97 Å². The number of H-pyrrole nitrogens is 2. The van der Waals surface area contributed by atoms with Crippen LogP contribution in [-0.4, -0.2) is 51.1 Å². The van der Waals surface area contributed by atoms with Crippen LogP contribution in [0.3, 0.4) is 0 Å². The molecule has 5 heterocycles. The number of fused-ring (bicyclic) bond motifs is 8. The van der Waals surface area contributed by atoms with Gasteiger partial charge in [-0.2, -0.15) is 0 Å². The Morgan fingerprint density at radius 3 is 1.38 bits per heavy atom. The van der Waals surface area contributed by atoms with Crippen molar-refractivity contribution < 1.29 is 56.2 Å². The van der Waals surface area contributed by atoms with E-state index in [0.717, 1.165) is 74.0 Å². The first-order valence-electron chi connectivity index (χ1n) is 17.3. The van der Waals surface area contributed by atoms with E-state index in [0.29, 0.717) is 30.9 Å². The number of ether oxygens (including phenoxy) is 2. The Bertz CT molecular complexity index is 2300. The minimum Gasteiger partial charge on any atom is -0.550 e. The van der Waals surface area contributed by atoms with E-state index in [1.165, 1.54) is 0 Å². The molecule has 0 unspecified atom stereocenters. The summed E-state index contributed by atoms with van der Waals surface area (Å²) in [7, 11) is 0. The molecule has 3 aromatic heterocycles. The molecule has 2 aliphatic heterocycles. The Hall–Kier alpha value is -6.43. The van der Waals surface area contributed by atoms with E-state index < -0.39 is 17.9 Å². The van der Waals surface area contributed by atoms with Crippen molar-refractivity contribution in [2.75, 3.05) is 13.2 Å². The maximum absolute atomic E-state index is 10.7. The summed E-state index contributed by atoms with van der Waals surface area (Å²) in [6, 6.07) is 27.5. The van der Waals surface area contributed by atoms with E-state index in [1.807, 2.05) is 109 Å². The number of aliphatic carboxylic acids is 3. The van der Waals surface area contributed by atoms with Gasteiger partial charge >= 0.3 is 17.1 Å². The van der Waals surface area contributed by atoms with Gasteiger partial charge in [0, 0.05) is 51.1 Å². The average Bonchev–Trinajstić information content (AvgIpc) is 3.97. The SMILES string of the molecule is CC(=O)[O-].O=C([O-])CCCOc1ccc(-c2c3nc(cc4ccc([nH]4)c(-c4ccc(OCCCC(=O)[O-])cc4)c4ccc(cc5nc2C=C5)[nH]4)C=C3)cc1.[Mn+3]. The van der Waals surface area contributed by atoms with Gasteiger partial charge in [0.2, 0.25) is 0 Å². The van der Waals surface area contributed by atoms with Crippen LogP contribution in [0.5, 0.6) is 11.5 Å². The first-order valence-corrected chi connectivity index (χ1v) is 17.3. The van der Waals surface area contributed by atoms with Gasteiger partial charge in [0.25, 0.3) is 0 Å². The second-order valence-corrected chi connectivity index (χ2v) is 12.4. The van der Waals surface area contributed by atoms with Gasteiger partial charge < -0.3 is 49.1 Å². The molecule has 0 atom stereocenters. The van der Waals surface area contributed by atoms with Gasteiger partial charge in [-0.3, -0.25) is 0 Å². The minimum absolute atomic E-state index is 0. The van der Waals surface area contributed by atoms with E-state index in [4.69, 9.17) is 29.3 Å². The molecule has 2 aliphatic rings. The maximum Gasteiger partial charge on any atom is 3.00 e. The Morgan fingerprint density at radius 1 is 0.582 bits per heavy atom. The van der Waals surface area contributed by atoms with Crippen LogP contribution in [0.4, 0.5) is 0 Å². The topological polar surface area (TPSA) is 196 Å². The van der Waals surface area contributed by atoms with E-state index in [-0.39, 0.29) is 36.5 Å². The van der Waals surface area contributed by atoms with Crippen LogP contribution in [0.2, 0.25) is 0 Å². The number of hydrogen-bond donors (Lipinski definition) is 2. The smallest absolute Gasteiger partial charge is 0.550 e. The molecule has 0 radical (unpaired) electrons. The summed E-state index contributed by atoms with van der Waals surface area (Å²) in [6.45, 7) is 1.55. The van der Waals surface area contributed by atoms with Crippen LogP contribution in [0, 0.1) is 0 Å². The molecule has 0 saturated carbocycles. The van der Waals surface area contributed by atoms with Crippen LogP contribution in [0.15, 0.2) is 84.9 Å². The van der Waals surface area contributed by atoms with Crippen molar-refractivity contribution in [3.8, 4) is 33.8 Å². The molecule has 0 fully saturated rings. The predicted octanol–water partition coefficient (Wildman–Crippen LogP) is 4.56. The fourth-order valence-electron chi connectivity index (χ4n) is 5.93. The van der Waals surface area contributed by atoms with Gasteiger partial charge in [-0.1, -0.05) is 24.3 Å². The number of benzene rings is 2. The fourth-order valence-corrected chi connectivity index (χ4v) is 5.93. The minimum atomic E-state index is -1.09. The largest absolute Gasteiger partial charge is 3.00 e. The number of carbonyl (C=O) groups excluding carboxylic acids is 3. The van der Waals surface area contributed by atoms with Gasteiger partial charge in [0.1, 0.15) is 11.5 Å². The molecular formula is C42H35MnN4O8. The molecule has 5 aromatic rings. The van der Waals surface area contributed by atoms with Crippen molar-refractivity contribution in [3.05, 3.63) is 108 Å². The third-order valence-corrected chi connectivity index (χ3v) is 8.27. The molecule has 55 heavy (non-hydrogen) atoms. The molecule has 8 bridgehead atoms. The van der Waals surface area contributed by atoms with Crippen LogP contribution in [0.25, 0.3) is 68.6 Å². The van der Waals surface area contributed by atoms with Gasteiger partial charge in [-0.25, -0.2) is 9.97 Å². The van der Waals surface area contributed by atoms with Crippen molar-refractivity contribution in [2.45, 2.75) is 32.6 Å². The van der Waals surface area contributed by atoms with Crippen molar-refractivity contribution in [1.82, 2.24) is 19.9 Å². The molecule has 7 rings (SSSR count). The third-order valence-electron chi connectivity index (χ3n) is 8.27. The summed E-state index contributed by atoms with van der Waals surface area (Å²) in [6.07, 6.45) is 8.60. The van der Waals surface area contributed by atoms with Crippen molar-refractivity contribution in [1.29, 1.82) is 0 Å². The number of hydrogen-bond acceptors (Lipinski definition) is 10. The Balaban J connectivity index is 0.00000111. The molecule has 13 heteroatoms. The van der Waals surface area contributed by atoms with Crippen molar-refractivity contribution in [3.63, 3.8) is 0 Å². The third kappa shape index (κ3) is 10.8. The molecular weight excluding hydrogens is 743 g/mol. The van der Waals surface area contributed by atoms with Crippen LogP contribution < -0.4 is 24.8 Å². The van der Waals surface area contributed by atoms with Gasteiger partial charge in [0.15, 0.2) is 0 Å². The quantitative estimate of drug-likeness (QED) is 0.131. The van der Waals surface area contributed by atoms with Crippen LogP contribution >= 0.6 is 0 Å². The molecule has 278 valence electrons. The number of rotatable bonds is 12. The van der Waals surface area contributed by atoms with Crippen molar-refractivity contribution in [2.24, 2.45) is 0 Å². The fraction of sp³-hybridized carbons (Fsp3) is 0.167. The summed E-state index contributed by atoms with van der Waals surface area (Å²) < 4.78 is 11.5. The first kappa shape index (κ1) is 39.8. The standard InChI is InChI=1S/C40H34N4O6.C2H4O2.Mn/c45-37(46)3-1-21-49-31-13-5-25(6-14-31)39-33-17-9-27(41-33)23-29-11-19-35(43-29)40(26-7-15-32(16-8-26)50-22-2-4-38(47)48)36-20-12-30(44-36)24-28-10-18-34(39)42-28;1-2(3)4;/h5-20,23-24,41-42H,1-4,21-22H2,(H,45,46)(H,47,48);1H3,(H,3,4);/q;;+3/p-3. The second-order valence-electron chi connectivity index (χ2n) is 12.4. The van der Waals surface area contributed by atoms with E-state index in [1.54, 1.807) is 0 Å². The van der Waals surface area contributed by atoms with E-state index in [9.17, 15) is 19.8 Å². The summed E-state index contributed by atoms with van der Waals surface area (Å²) in [5.41, 5.74) is 10.4. The van der Waals surface area contributed by atoms with Gasteiger partial charge in [-0.15, -0.1) is 0 Å². The Kier molecular flexibility index (Phi) is 13.4. The number of carboxylic acids is 3. The number of aromatic amines is 2. The van der Waals surface area contributed by atoms with Crippen molar-refractivity contribution >= 4 is 64.3 Å². The molecule has 12 nitrogen and oxygen atoms in total. The summed E-state index contributed by atoms with van der Waals surface area (Å²) in [4.78, 5) is 47.4. The number of nitrogens with zero attached hydrogens (tertiary/aromatic N) is 2. The van der Waals surface area contributed by atoms with Gasteiger partial charge in [-0.05, 0) is 129 Å². The molecule has 0 spiro atoms. The normalized spacial score (nSPS) is 11.2. The summed E-state index contributed by atoms with van der Waals surface area (Å²) >= 11 is 0. The molecule has 0 aliphatic carbocycles. The summed E-state index contributed by atoms with van der Waals surface area (Å²) in [5, 5.41) is 30.3. The van der Waals surface area contributed by atoms with Crippen LogP contribution in [-0.2, 0) is 31.5 Å². The Morgan fingerprint density at radius 2 is 0.982 bits per heavy atom. The molecule has 0 amide bonds. The number of aromatic nitrogens is 4. The number of nitrogens with one attached hydrogen (secondary N) is 2. The average molecular weight is 779 g/mol. The summed E-state index contributed by atoms with van der Waals surface area (Å²) in [5.74, 6) is -1.95. The number of carboxylic acid groups (broad SMARTS) is 3. The zero-order valence-corrected chi connectivity index (χ0v) is 30.9. The zero-order chi connectivity index (χ0) is 38.0. The molecule has 0 saturated heterocycles. The molecule has 2 aromatic carbocycles. The number of carbonyl (C=O) groups is 3. The van der Waals surface area contributed by atoms with Gasteiger partial charge in [0.05, 0.1) is 36.0 Å². The second kappa shape index (κ2) is 18.6. The van der Waals surface area contributed by atoms with E-state index >= 15 is 0 Å². The zero-order valence-electron chi connectivity index (χ0n) is 29.7. The maximum atomic E-state index is 10.7. The van der Waals surface area contributed by atoms with Crippen LogP contribution in [0.1, 0.15) is 55.4 Å². The first-order chi connectivity index (χ1) is 26.1. The Labute approximate surface area is 326 Å². The predicted molar refractivity (Wildman–Crippen MR) is 200 cm³/mol.